The van der Waals surface area contributed by atoms with E-state index in [1.165, 1.54) is 0 Å². The molecule has 2 aromatic carbocycles. The van der Waals surface area contributed by atoms with Gasteiger partial charge in [-0.05, 0) is 36.8 Å². The molecule has 0 aromatic heterocycles. The van der Waals surface area contributed by atoms with Gasteiger partial charge in [-0.25, -0.2) is 0 Å². The largest absolute Gasteiger partial charge is 0.455 e. The van der Waals surface area contributed by atoms with Crippen LogP contribution in [0.3, 0.4) is 0 Å². The molecule has 2 aromatic rings. The molecule has 178 valence electrons. The van der Waals surface area contributed by atoms with Crippen LogP contribution < -0.4 is 10.6 Å². The zero-order valence-corrected chi connectivity index (χ0v) is 18.9. The zero-order valence-electron chi connectivity index (χ0n) is 18.9. The normalized spacial score (nSPS) is 16.6. The highest BCUT2D eigenvalue weighted by Gasteiger charge is 2.53. The molecule has 34 heavy (non-hydrogen) atoms. The molecule has 0 saturated heterocycles. The van der Waals surface area contributed by atoms with Gasteiger partial charge in [0, 0.05) is 13.1 Å². The molecule has 2 N–H and O–H groups in total. The predicted octanol–water partition coefficient (Wildman–Crippen LogP) is 1.77. The number of nitrogens with one attached hydrogen (secondary N) is 2. The molecule has 2 saturated carbocycles. The average molecular weight is 465 g/mol. The first-order chi connectivity index (χ1) is 16.5. The van der Waals surface area contributed by atoms with Crippen molar-refractivity contribution in [3.05, 3.63) is 71.8 Å². The molecule has 0 heterocycles. The van der Waals surface area contributed by atoms with Crippen molar-refractivity contribution in [2.75, 3.05) is 26.3 Å². The quantitative estimate of drug-likeness (QED) is 0.387. The van der Waals surface area contributed by atoms with Crippen LogP contribution in [0.4, 0.5) is 0 Å². The van der Waals surface area contributed by atoms with Crippen LogP contribution in [-0.4, -0.2) is 50.1 Å². The highest BCUT2D eigenvalue weighted by molar-refractivity contribution is 5.89. The predicted molar refractivity (Wildman–Crippen MR) is 123 cm³/mol. The number of rotatable bonds is 11. The van der Waals surface area contributed by atoms with Gasteiger partial charge in [-0.1, -0.05) is 60.7 Å². The molecule has 2 aliphatic rings. The van der Waals surface area contributed by atoms with E-state index < -0.39 is 34.6 Å². The first-order valence-corrected chi connectivity index (χ1v) is 11.5. The van der Waals surface area contributed by atoms with Crippen molar-refractivity contribution < 1.29 is 28.7 Å². The molecule has 0 bridgehead atoms. The Hall–Kier alpha value is -3.68. The van der Waals surface area contributed by atoms with Gasteiger partial charge in [0.2, 0.25) is 0 Å². The topological polar surface area (TPSA) is 111 Å². The number of amides is 2. The van der Waals surface area contributed by atoms with Crippen LogP contribution in [0.5, 0.6) is 0 Å². The van der Waals surface area contributed by atoms with E-state index in [4.69, 9.17) is 9.47 Å². The molecular weight excluding hydrogens is 436 g/mol. The van der Waals surface area contributed by atoms with Gasteiger partial charge in [0.25, 0.3) is 11.8 Å². The van der Waals surface area contributed by atoms with Crippen molar-refractivity contribution >= 4 is 23.8 Å². The highest BCUT2D eigenvalue weighted by Crippen LogP contribution is 2.49. The molecule has 0 atom stereocenters. The second-order valence-corrected chi connectivity index (χ2v) is 8.75. The smallest absolute Gasteiger partial charge is 0.317 e. The minimum absolute atomic E-state index is 0.161. The summed E-state index contributed by atoms with van der Waals surface area (Å²) in [5.74, 6) is -1.69. The fraction of sp³-hybridized carbons (Fsp3) is 0.385. The van der Waals surface area contributed by atoms with Crippen molar-refractivity contribution in [3.8, 4) is 0 Å². The Morgan fingerprint density at radius 3 is 1.29 bits per heavy atom. The Kier molecular flexibility index (Phi) is 6.95. The molecule has 8 nitrogen and oxygen atoms in total. The maximum atomic E-state index is 12.4. The zero-order chi connectivity index (χ0) is 24.0. The Morgan fingerprint density at radius 2 is 0.971 bits per heavy atom. The highest BCUT2D eigenvalue weighted by atomic mass is 16.5. The molecular formula is C26H28N2O6. The lowest BCUT2D eigenvalue weighted by Crippen LogP contribution is -2.39. The first kappa shape index (κ1) is 23.5. The van der Waals surface area contributed by atoms with Crippen LogP contribution in [0.2, 0.25) is 0 Å². The summed E-state index contributed by atoms with van der Waals surface area (Å²) in [6.07, 6.45) is 2.84. The third-order valence-corrected chi connectivity index (χ3v) is 6.37. The number of carbonyl (C=O) groups excluding carboxylic acids is 4. The van der Waals surface area contributed by atoms with Crippen LogP contribution in [-0.2, 0) is 39.5 Å². The summed E-state index contributed by atoms with van der Waals surface area (Å²) in [6, 6.07) is 18.8. The molecule has 2 amide bonds. The van der Waals surface area contributed by atoms with Gasteiger partial charge < -0.3 is 20.1 Å². The number of carbonyl (C=O) groups is 4. The molecule has 0 spiro atoms. The molecule has 8 heteroatoms. The van der Waals surface area contributed by atoms with Crippen LogP contribution in [0.15, 0.2) is 60.7 Å². The molecule has 0 aliphatic heterocycles. The van der Waals surface area contributed by atoms with Gasteiger partial charge in [-0.15, -0.1) is 0 Å². The summed E-state index contributed by atoms with van der Waals surface area (Å²) in [7, 11) is 0. The van der Waals surface area contributed by atoms with Crippen molar-refractivity contribution in [3.63, 3.8) is 0 Å². The van der Waals surface area contributed by atoms with Gasteiger partial charge in [0.15, 0.2) is 13.2 Å². The van der Waals surface area contributed by atoms with E-state index in [9.17, 15) is 19.2 Å². The monoisotopic (exact) mass is 464 g/mol. The van der Waals surface area contributed by atoms with E-state index in [0.29, 0.717) is 25.7 Å². The fourth-order valence-corrected chi connectivity index (χ4v) is 4.03. The van der Waals surface area contributed by atoms with Gasteiger partial charge in [-0.2, -0.15) is 0 Å². The maximum Gasteiger partial charge on any atom is 0.317 e. The van der Waals surface area contributed by atoms with E-state index in [-0.39, 0.29) is 26.3 Å². The summed E-state index contributed by atoms with van der Waals surface area (Å²) in [6.45, 7) is -0.428. The van der Waals surface area contributed by atoms with Crippen molar-refractivity contribution in [1.82, 2.24) is 10.6 Å². The SMILES string of the molecule is O=C(COC(=O)C1(c2ccccc2)CC1)NCCNC(=O)COC(=O)C1(c2ccccc2)CC1. The number of ether oxygens (including phenoxy) is 2. The number of hydrogen-bond donors (Lipinski definition) is 2. The summed E-state index contributed by atoms with van der Waals surface area (Å²) in [5, 5.41) is 5.17. The van der Waals surface area contributed by atoms with Crippen molar-refractivity contribution in [1.29, 1.82) is 0 Å². The second kappa shape index (κ2) is 10.1. The van der Waals surface area contributed by atoms with E-state index in [1.807, 2.05) is 60.7 Å². The lowest BCUT2D eigenvalue weighted by atomic mass is 9.96. The Morgan fingerprint density at radius 1 is 0.618 bits per heavy atom. The Balaban J connectivity index is 1.10. The lowest BCUT2D eigenvalue weighted by molar-refractivity contribution is -0.151. The van der Waals surface area contributed by atoms with E-state index in [2.05, 4.69) is 10.6 Å². The van der Waals surface area contributed by atoms with Crippen molar-refractivity contribution in [2.24, 2.45) is 0 Å². The number of benzene rings is 2. The minimum atomic E-state index is -0.632. The van der Waals surface area contributed by atoms with E-state index in [0.717, 1.165) is 11.1 Å². The second-order valence-electron chi connectivity index (χ2n) is 8.75. The average Bonchev–Trinajstić information content (AvgIpc) is 3.79. The minimum Gasteiger partial charge on any atom is -0.455 e. The Bertz CT molecular complexity index is 960. The van der Waals surface area contributed by atoms with Crippen LogP contribution >= 0.6 is 0 Å². The van der Waals surface area contributed by atoms with E-state index in [1.54, 1.807) is 0 Å². The van der Waals surface area contributed by atoms with Crippen molar-refractivity contribution in [2.45, 2.75) is 36.5 Å². The van der Waals surface area contributed by atoms with Gasteiger partial charge >= 0.3 is 11.9 Å². The summed E-state index contributed by atoms with van der Waals surface area (Å²) < 4.78 is 10.4. The van der Waals surface area contributed by atoms with Gasteiger partial charge in [0.1, 0.15) is 0 Å². The fourth-order valence-electron chi connectivity index (χ4n) is 4.03. The number of esters is 2. The molecule has 2 fully saturated rings. The standard InChI is InChI=1S/C26H28N2O6/c29-21(17-33-23(31)25(11-12-25)19-7-3-1-4-8-19)27-15-16-28-22(30)18-34-24(32)26(13-14-26)20-9-5-2-6-10-20/h1-10H,11-18H2,(H,27,29)(H,28,30). The summed E-state index contributed by atoms with van der Waals surface area (Å²) >= 11 is 0. The maximum absolute atomic E-state index is 12.4. The van der Waals surface area contributed by atoms with Gasteiger partial charge in [0.05, 0.1) is 10.8 Å². The molecule has 2 aliphatic carbocycles. The first-order valence-electron chi connectivity index (χ1n) is 11.5. The van der Waals surface area contributed by atoms with Gasteiger partial charge in [-0.3, -0.25) is 19.2 Å². The summed E-state index contributed by atoms with van der Waals surface area (Å²) in [4.78, 5) is 48.8. The molecule has 4 rings (SSSR count). The Labute approximate surface area is 198 Å². The third-order valence-electron chi connectivity index (χ3n) is 6.37. The van der Waals surface area contributed by atoms with E-state index >= 15 is 0 Å². The molecule has 0 radical (unpaired) electrons. The number of hydrogen-bond acceptors (Lipinski definition) is 6. The summed E-state index contributed by atoms with van der Waals surface area (Å²) in [5.41, 5.74) is 0.541. The van der Waals surface area contributed by atoms with Crippen LogP contribution in [0.25, 0.3) is 0 Å². The molecule has 0 unspecified atom stereocenters. The third kappa shape index (κ3) is 5.27. The van der Waals surface area contributed by atoms with Crippen LogP contribution in [0.1, 0.15) is 36.8 Å². The lowest BCUT2D eigenvalue weighted by Gasteiger charge is -2.15. The van der Waals surface area contributed by atoms with Crippen LogP contribution in [0, 0.1) is 0 Å².